The molecule has 0 unspecified atom stereocenters. The summed E-state index contributed by atoms with van der Waals surface area (Å²) in [6.45, 7) is 42.9. The molecule has 0 radical (unpaired) electrons. The molecule has 0 aliphatic carbocycles. The van der Waals surface area contributed by atoms with Crippen LogP contribution in [0, 0.1) is 0 Å². The highest BCUT2D eigenvalue weighted by molar-refractivity contribution is 6.92. The molecule has 0 N–H and O–H groups in total. The summed E-state index contributed by atoms with van der Waals surface area (Å²) < 4.78 is 71.9. The average molecular weight is 731 g/mol. The lowest BCUT2D eigenvalue weighted by Crippen LogP contribution is -2.79. The predicted molar refractivity (Wildman–Crippen MR) is 191 cm³/mol. The summed E-state index contributed by atoms with van der Waals surface area (Å²) in [5, 5.41) is -3.16. The molecule has 1 saturated heterocycles. The minimum Gasteiger partial charge on any atom is -0.374 e. The Labute approximate surface area is 282 Å². The van der Waals surface area contributed by atoms with Crippen LogP contribution in [0.1, 0.15) is 138 Å². The normalized spacial score (nSPS) is 33.3. The van der Waals surface area contributed by atoms with Crippen molar-refractivity contribution < 1.29 is 42.7 Å². The van der Waals surface area contributed by atoms with E-state index >= 15 is 0 Å². The van der Waals surface area contributed by atoms with Gasteiger partial charge in [0.1, 0.15) is 0 Å². The molecule has 15 heteroatoms. The van der Waals surface area contributed by atoms with Gasteiger partial charge in [-0.25, -0.2) is 0 Å². The Kier molecular flexibility index (Phi) is 14.5. The van der Waals surface area contributed by atoms with Crippen LogP contribution in [-0.4, -0.2) is 77.1 Å². The molecule has 0 aromatic heterocycles. The molecule has 1 aliphatic heterocycles. The topological polar surface area (TPSA) is 92.3 Å². The summed E-state index contributed by atoms with van der Waals surface area (Å²) in [5.41, 5.74) is 0. The van der Waals surface area contributed by atoms with Crippen molar-refractivity contribution in [3.63, 3.8) is 0 Å². The van der Waals surface area contributed by atoms with Crippen LogP contribution < -0.4 is 0 Å². The van der Waals surface area contributed by atoms with Crippen LogP contribution in [0.15, 0.2) is 0 Å². The smallest absolute Gasteiger partial charge is 0.374 e. The van der Waals surface area contributed by atoms with Gasteiger partial charge in [-0.15, -0.1) is 0 Å². The van der Waals surface area contributed by atoms with Crippen molar-refractivity contribution in [2.24, 2.45) is 0 Å². The maximum absolute atomic E-state index is 7.53. The van der Waals surface area contributed by atoms with Crippen molar-refractivity contribution in [2.45, 2.75) is 164 Å². The summed E-state index contributed by atoms with van der Waals surface area (Å²) in [7, 11) is -19.4. The highest BCUT2D eigenvalue weighted by atomic mass is 28.6. The molecule has 0 aromatic carbocycles. The number of rotatable bonds is 10. The van der Waals surface area contributed by atoms with E-state index in [2.05, 4.69) is 104 Å². The first kappa shape index (κ1) is 43.7. The second-order valence-corrected chi connectivity index (χ2v) is 35.3. The maximum atomic E-state index is 7.53. The Morgan fingerprint density at radius 2 is 0.400 bits per heavy atom. The first-order valence-corrected chi connectivity index (χ1v) is 25.4. The number of hydrogen-bond donors (Lipinski definition) is 0. The van der Waals surface area contributed by atoms with Gasteiger partial charge in [-0.2, -0.15) is 0 Å². The minimum absolute atomic E-state index is 0.349. The molecule has 1 aliphatic rings. The highest BCUT2D eigenvalue weighted by Crippen LogP contribution is 2.57. The van der Waals surface area contributed by atoms with Gasteiger partial charge < -0.3 is 42.7 Å². The third-order valence-corrected chi connectivity index (χ3v) is 30.9. The van der Waals surface area contributed by atoms with Crippen molar-refractivity contribution in [3.8, 4) is 0 Å². The minimum atomic E-state index is -3.87. The van der Waals surface area contributed by atoms with Crippen LogP contribution in [0.4, 0.5) is 0 Å². The van der Waals surface area contributed by atoms with Gasteiger partial charge in [-0.1, -0.05) is 104 Å². The van der Waals surface area contributed by atoms with Crippen molar-refractivity contribution in [1.82, 2.24) is 0 Å². The van der Waals surface area contributed by atoms with E-state index in [1.165, 1.54) is 0 Å². The summed E-state index contributed by atoms with van der Waals surface area (Å²) >= 11 is 0. The lowest BCUT2D eigenvalue weighted by Gasteiger charge is -2.58. The van der Waals surface area contributed by atoms with Crippen LogP contribution in [0.3, 0.4) is 0 Å². The van der Waals surface area contributed by atoms with Gasteiger partial charge in [0, 0.05) is 58.2 Å². The zero-order valence-electron chi connectivity index (χ0n) is 32.6. The lowest BCUT2D eigenvalue weighted by atomic mass is 10.3. The standard InChI is InChI=1S/C30H70O10Si5/c1-21-31-41(26(6,7)8)36-42(32-22-2,27(9,10)11)38-44(34-24-4,29(15,16)17)40-45(35-25-5,30(18,19)20)39-43(37-41,33-23-3)28(12,13)14/h21-25H2,1-20H3. The summed E-state index contributed by atoms with van der Waals surface area (Å²) in [6.07, 6.45) is 0. The van der Waals surface area contributed by atoms with Crippen molar-refractivity contribution in [3.05, 3.63) is 0 Å². The Bertz CT molecular complexity index is 748. The first-order chi connectivity index (χ1) is 20.1. The molecule has 0 bridgehead atoms. The monoisotopic (exact) mass is 730 g/mol. The fourth-order valence-electron chi connectivity index (χ4n) is 4.85. The van der Waals surface area contributed by atoms with E-state index in [1.54, 1.807) is 0 Å². The molecular weight excluding hydrogens is 661 g/mol. The van der Waals surface area contributed by atoms with E-state index in [0.717, 1.165) is 0 Å². The van der Waals surface area contributed by atoms with Crippen LogP contribution in [0.25, 0.3) is 0 Å². The van der Waals surface area contributed by atoms with Crippen molar-refractivity contribution >= 4 is 44.0 Å². The van der Waals surface area contributed by atoms with Gasteiger partial charge in [0.2, 0.25) is 0 Å². The molecule has 10 nitrogen and oxygen atoms in total. The second kappa shape index (κ2) is 14.9. The largest absolute Gasteiger partial charge is 0.491 e. The third kappa shape index (κ3) is 8.89. The van der Waals surface area contributed by atoms with E-state index in [1.807, 2.05) is 34.6 Å². The van der Waals surface area contributed by atoms with Gasteiger partial charge >= 0.3 is 44.0 Å². The first-order valence-electron chi connectivity index (χ1n) is 16.8. The van der Waals surface area contributed by atoms with Gasteiger partial charge in [-0.05, 0) is 34.6 Å². The van der Waals surface area contributed by atoms with E-state index in [0.29, 0.717) is 33.0 Å². The maximum Gasteiger partial charge on any atom is 0.491 e. The van der Waals surface area contributed by atoms with Crippen molar-refractivity contribution in [1.29, 1.82) is 0 Å². The fraction of sp³-hybridized carbons (Fsp3) is 1.00. The SMILES string of the molecule is CCO[Si]1(C(C)(C)C)O[Si](OCC)(C(C)(C)C)O[Si](OCC)(C(C)(C)C)O[Si](OCC)(C(C)(C)C)O[Si](OCC)(C(C)(C)C)O1. The molecule has 0 amide bonds. The molecule has 1 fully saturated rings. The second-order valence-electron chi connectivity index (χ2n) is 16.7. The van der Waals surface area contributed by atoms with Gasteiger partial charge in [-0.3, -0.25) is 0 Å². The third-order valence-electron chi connectivity index (χ3n) is 7.61. The van der Waals surface area contributed by atoms with Crippen molar-refractivity contribution in [2.75, 3.05) is 33.0 Å². The van der Waals surface area contributed by atoms with E-state index in [-0.39, 0.29) is 0 Å². The fourth-order valence-corrected chi connectivity index (χ4v) is 33.3. The molecule has 0 spiro atoms. The Morgan fingerprint density at radius 1 is 0.289 bits per heavy atom. The molecule has 1 heterocycles. The van der Waals surface area contributed by atoms with Gasteiger partial charge in [0.15, 0.2) is 0 Å². The van der Waals surface area contributed by atoms with Crippen LogP contribution in [0.2, 0.25) is 25.2 Å². The van der Waals surface area contributed by atoms with Crippen LogP contribution >= 0.6 is 0 Å². The highest BCUT2D eigenvalue weighted by Gasteiger charge is 2.78. The van der Waals surface area contributed by atoms with Crippen LogP contribution in [0.5, 0.6) is 0 Å². The zero-order chi connectivity index (χ0) is 35.6. The molecule has 0 saturated carbocycles. The molecule has 45 heavy (non-hydrogen) atoms. The molecule has 270 valence electrons. The van der Waals surface area contributed by atoms with E-state index in [4.69, 9.17) is 42.7 Å². The van der Waals surface area contributed by atoms with Gasteiger partial charge in [0.25, 0.3) is 0 Å². The molecular formula is C30H70O10Si5. The molecule has 0 aromatic rings. The summed E-state index contributed by atoms with van der Waals surface area (Å²) in [4.78, 5) is 0. The quantitative estimate of drug-likeness (QED) is 0.203. The van der Waals surface area contributed by atoms with Crippen LogP contribution in [-0.2, 0) is 42.7 Å². The zero-order valence-corrected chi connectivity index (χ0v) is 37.6. The lowest BCUT2D eigenvalue weighted by molar-refractivity contribution is -0.0121. The van der Waals surface area contributed by atoms with E-state index in [9.17, 15) is 0 Å². The summed E-state index contributed by atoms with van der Waals surface area (Å²) in [6, 6.07) is 0. The number of hydrogen-bond acceptors (Lipinski definition) is 10. The van der Waals surface area contributed by atoms with E-state index < -0.39 is 69.2 Å². The summed E-state index contributed by atoms with van der Waals surface area (Å²) in [5.74, 6) is 0. The molecule has 1 rings (SSSR count). The van der Waals surface area contributed by atoms with Gasteiger partial charge in [0.05, 0.1) is 0 Å². The predicted octanol–water partition coefficient (Wildman–Crippen LogP) is 8.96. The Morgan fingerprint density at radius 3 is 0.467 bits per heavy atom. The molecule has 0 atom stereocenters. The Hall–Kier alpha value is 0.684. The Balaban J connectivity index is 4.79. The average Bonchev–Trinajstić information content (AvgIpc) is 2.80.